The molecule has 0 unspecified atom stereocenters. The zero-order chi connectivity index (χ0) is 19.7. The smallest absolute Gasteiger partial charge is 0.277 e. The number of aryl methyl sites for hydroxylation is 2. The van der Waals surface area contributed by atoms with Crippen LogP contribution in [0.1, 0.15) is 28.2 Å². The number of para-hydroxylation sites is 1. The Bertz CT molecular complexity index is 1190. The van der Waals surface area contributed by atoms with Gasteiger partial charge in [-0.2, -0.15) is 9.50 Å². The second kappa shape index (κ2) is 7.48. The molecule has 4 aromatic rings. The predicted octanol–water partition coefficient (Wildman–Crippen LogP) is 3.89. The van der Waals surface area contributed by atoms with Gasteiger partial charge in [0.2, 0.25) is 0 Å². The van der Waals surface area contributed by atoms with E-state index in [9.17, 15) is 4.79 Å². The number of nitrogens with zero attached hydrogens (tertiary/aromatic N) is 3. The fourth-order valence-electron chi connectivity index (χ4n) is 3.14. The molecule has 2 N–H and O–H groups in total. The number of anilines is 1. The molecule has 0 aliphatic rings. The molecule has 28 heavy (non-hydrogen) atoms. The van der Waals surface area contributed by atoms with Crippen LogP contribution in [0, 0.1) is 13.8 Å². The summed E-state index contributed by atoms with van der Waals surface area (Å²) in [5.74, 6) is 1.03. The molecule has 0 saturated carbocycles. The molecule has 0 fully saturated rings. The van der Waals surface area contributed by atoms with Gasteiger partial charge in [0.1, 0.15) is 5.82 Å². The first-order valence-electron chi connectivity index (χ1n) is 9.02. The lowest BCUT2D eigenvalue weighted by atomic mass is 10.1. The summed E-state index contributed by atoms with van der Waals surface area (Å²) in [4.78, 5) is 21.9. The fourth-order valence-corrected chi connectivity index (χ4v) is 3.26. The zero-order valence-electron chi connectivity index (χ0n) is 15.7. The van der Waals surface area contributed by atoms with E-state index in [1.54, 1.807) is 0 Å². The van der Waals surface area contributed by atoms with E-state index in [2.05, 4.69) is 20.4 Å². The van der Waals surface area contributed by atoms with E-state index in [0.29, 0.717) is 40.8 Å². The number of H-pyrrole nitrogens is 1. The first kappa shape index (κ1) is 18.3. The van der Waals surface area contributed by atoms with Crippen LogP contribution in [-0.4, -0.2) is 19.6 Å². The van der Waals surface area contributed by atoms with Gasteiger partial charge in [0, 0.05) is 22.7 Å². The lowest BCUT2D eigenvalue weighted by Gasteiger charge is -2.06. The number of rotatable bonds is 5. The Morgan fingerprint density at radius 2 is 1.82 bits per heavy atom. The molecule has 0 bridgehead atoms. The van der Waals surface area contributed by atoms with Gasteiger partial charge in [-0.1, -0.05) is 41.9 Å². The molecule has 0 saturated heterocycles. The highest BCUT2D eigenvalue weighted by Gasteiger charge is 2.14. The van der Waals surface area contributed by atoms with E-state index >= 15 is 0 Å². The quantitative estimate of drug-likeness (QED) is 0.539. The summed E-state index contributed by atoms with van der Waals surface area (Å²) in [5, 5.41) is 7.07. The van der Waals surface area contributed by atoms with Gasteiger partial charge in [-0.25, -0.2) is 4.98 Å². The van der Waals surface area contributed by atoms with Gasteiger partial charge in [0.05, 0.1) is 12.2 Å². The van der Waals surface area contributed by atoms with Crippen molar-refractivity contribution in [2.75, 3.05) is 5.32 Å². The molecule has 2 aromatic heterocycles. The van der Waals surface area contributed by atoms with Crippen LogP contribution in [0.5, 0.6) is 0 Å². The third-order valence-corrected chi connectivity index (χ3v) is 4.98. The summed E-state index contributed by atoms with van der Waals surface area (Å²) in [7, 11) is 0. The summed E-state index contributed by atoms with van der Waals surface area (Å²) in [6, 6.07) is 15.5. The van der Waals surface area contributed by atoms with E-state index in [0.717, 1.165) is 16.8 Å². The van der Waals surface area contributed by atoms with Gasteiger partial charge < -0.3 is 5.32 Å². The Morgan fingerprint density at radius 3 is 2.57 bits per heavy atom. The van der Waals surface area contributed by atoms with Crippen molar-refractivity contribution in [3.05, 3.63) is 92.1 Å². The van der Waals surface area contributed by atoms with E-state index < -0.39 is 0 Å². The third kappa shape index (κ3) is 3.64. The SMILES string of the molecule is Cc1ccccc1NCc1nc2nc(C)c(Cc3ccc(Cl)cc3)c(=O)n2[nH]1. The monoisotopic (exact) mass is 393 g/mol. The zero-order valence-corrected chi connectivity index (χ0v) is 16.4. The van der Waals surface area contributed by atoms with Gasteiger partial charge in [-0.3, -0.25) is 9.89 Å². The number of halogens is 1. The van der Waals surface area contributed by atoms with Crippen LogP contribution in [0.25, 0.3) is 5.78 Å². The maximum atomic E-state index is 13.0. The fraction of sp³-hybridized carbons (Fsp3) is 0.190. The van der Waals surface area contributed by atoms with Crippen LogP contribution in [0.3, 0.4) is 0 Å². The maximum Gasteiger partial charge on any atom is 0.277 e. The van der Waals surface area contributed by atoms with Crippen molar-refractivity contribution in [1.82, 2.24) is 19.6 Å². The van der Waals surface area contributed by atoms with Crippen LogP contribution in [0.4, 0.5) is 5.69 Å². The molecule has 0 atom stereocenters. The van der Waals surface area contributed by atoms with Gasteiger partial charge in [0.25, 0.3) is 11.3 Å². The number of benzene rings is 2. The van der Waals surface area contributed by atoms with Crippen molar-refractivity contribution in [2.24, 2.45) is 0 Å². The molecule has 0 aliphatic carbocycles. The van der Waals surface area contributed by atoms with Gasteiger partial charge >= 0.3 is 0 Å². The molecule has 6 nitrogen and oxygen atoms in total. The van der Waals surface area contributed by atoms with Crippen LogP contribution in [0.2, 0.25) is 5.02 Å². The van der Waals surface area contributed by atoms with E-state index in [-0.39, 0.29) is 5.56 Å². The van der Waals surface area contributed by atoms with Crippen LogP contribution in [0.15, 0.2) is 53.3 Å². The summed E-state index contributed by atoms with van der Waals surface area (Å²) >= 11 is 5.94. The molecule has 2 aromatic carbocycles. The summed E-state index contributed by atoms with van der Waals surface area (Å²) in [6.07, 6.45) is 0.494. The van der Waals surface area contributed by atoms with Crippen molar-refractivity contribution < 1.29 is 0 Å². The molecular formula is C21H20ClN5O. The molecular weight excluding hydrogens is 374 g/mol. The largest absolute Gasteiger partial charge is 0.378 e. The summed E-state index contributed by atoms with van der Waals surface area (Å²) in [5.41, 5.74) is 4.38. The van der Waals surface area contributed by atoms with Crippen molar-refractivity contribution in [3.8, 4) is 0 Å². The number of hydrogen-bond acceptors (Lipinski definition) is 4. The summed E-state index contributed by atoms with van der Waals surface area (Å²) < 4.78 is 1.41. The second-order valence-electron chi connectivity index (χ2n) is 6.76. The molecule has 0 aliphatic heterocycles. The molecule has 2 heterocycles. The van der Waals surface area contributed by atoms with Crippen LogP contribution >= 0.6 is 11.6 Å². The molecule has 142 valence electrons. The lowest BCUT2D eigenvalue weighted by molar-refractivity contribution is 0.832. The minimum atomic E-state index is -0.132. The van der Waals surface area contributed by atoms with Crippen molar-refractivity contribution in [3.63, 3.8) is 0 Å². The van der Waals surface area contributed by atoms with Crippen molar-refractivity contribution >= 4 is 23.1 Å². The number of aromatic nitrogens is 4. The number of hydrogen-bond donors (Lipinski definition) is 2. The third-order valence-electron chi connectivity index (χ3n) is 4.73. The highest BCUT2D eigenvalue weighted by Crippen LogP contribution is 2.15. The van der Waals surface area contributed by atoms with E-state index in [1.165, 1.54) is 4.52 Å². The first-order chi connectivity index (χ1) is 13.5. The number of nitrogens with one attached hydrogen (secondary N) is 2. The lowest BCUT2D eigenvalue weighted by Crippen LogP contribution is -2.22. The van der Waals surface area contributed by atoms with Crippen molar-refractivity contribution in [1.29, 1.82) is 0 Å². The molecule has 0 spiro atoms. The summed E-state index contributed by atoms with van der Waals surface area (Å²) in [6.45, 7) is 4.35. The minimum Gasteiger partial charge on any atom is -0.378 e. The highest BCUT2D eigenvalue weighted by molar-refractivity contribution is 6.30. The molecule has 4 rings (SSSR count). The van der Waals surface area contributed by atoms with Gasteiger partial charge in [-0.05, 0) is 43.2 Å². The Balaban J connectivity index is 1.62. The predicted molar refractivity (Wildman–Crippen MR) is 111 cm³/mol. The van der Waals surface area contributed by atoms with Crippen molar-refractivity contribution in [2.45, 2.75) is 26.8 Å². The number of aromatic amines is 1. The Labute approximate surface area is 167 Å². The average molecular weight is 394 g/mol. The maximum absolute atomic E-state index is 13.0. The van der Waals surface area contributed by atoms with Crippen LogP contribution in [-0.2, 0) is 13.0 Å². The van der Waals surface area contributed by atoms with E-state index in [4.69, 9.17) is 11.6 Å². The van der Waals surface area contributed by atoms with Gasteiger partial charge in [-0.15, -0.1) is 0 Å². The molecule has 7 heteroatoms. The van der Waals surface area contributed by atoms with E-state index in [1.807, 2.05) is 62.4 Å². The Hall–Kier alpha value is -3.12. The minimum absolute atomic E-state index is 0.132. The topological polar surface area (TPSA) is 75.1 Å². The second-order valence-corrected chi connectivity index (χ2v) is 7.19. The molecule has 0 amide bonds. The molecule has 0 radical (unpaired) electrons. The highest BCUT2D eigenvalue weighted by atomic mass is 35.5. The Morgan fingerprint density at radius 1 is 1.07 bits per heavy atom. The van der Waals surface area contributed by atoms with Gasteiger partial charge in [0.15, 0.2) is 0 Å². The average Bonchev–Trinajstić information content (AvgIpc) is 3.09. The standard InChI is InChI=1S/C21H20ClN5O/c1-13-5-3-4-6-18(13)23-12-19-25-21-24-14(2)17(20(28)27(21)26-19)11-15-7-9-16(22)10-8-15/h3-10,23H,11-12H2,1-2H3,(H,24,25,26). The number of fused-ring (bicyclic) bond motifs is 1. The first-order valence-corrected chi connectivity index (χ1v) is 9.40. The van der Waals surface area contributed by atoms with Crippen LogP contribution < -0.4 is 10.9 Å². The normalized spacial score (nSPS) is 11.1. The Kier molecular flexibility index (Phi) is 4.88.